The molecule has 10 heteroatoms. The Hall–Kier alpha value is -4.05. The van der Waals surface area contributed by atoms with Crippen LogP contribution in [-0.2, 0) is 19.3 Å². The third kappa shape index (κ3) is 4.20. The summed E-state index contributed by atoms with van der Waals surface area (Å²) in [6.45, 7) is 1.26. The maximum absolute atomic E-state index is 13.0. The Labute approximate surface area is 185 Å². The zero-order chi connectivity index (χ0) is 23.0. The maximum Gasteiger partial charge on any atom is 0.416 e. The molecule has 1 aliphatic rings. The third-order valence-corrected chi connectivity index (χ3v) is 5.21. The second-order valence-corrected chi connectivity index (χ2v) is 7.38. The van der Waals surface area contributed by atoms with Gasteiger partial charge in [-0.1, -0.05) is 6.07 Å². The van der Waals surface area contributed by atoms with Gasteiger partial charge in [0.15, 0.2) is 0 Å². The number of anilines is 1. The van der Waals surface area contributed by atoms with Crippen LogP contribution in [0.4, 0.5) is 18.9 Å². The van der Waals surface area contributed by atoms with Crippen LogP contribution in [-0.4, -0.2) is 20.9 Å². The molecule has 0 bridgehead atoms. The average molecular weight is 451 g/mol. The summed E-state index contributed by atoms with van der Waals surface area (Å²) in [6, 6.07) is 11.0. The molecular formula is C23H16F3N5O2. The largest absolute Gasteiger partial charge is 0.438 e. The van der Waals surface area contributed by atoms with Crippen molar-refractivity contribution in [3.8, 4) is 11.6 Å². The van der Waals surface area contributed by atoms with Crippen LogP contribution in [0.1, 0.15) is 27.2 Å². The molecule has 3 heterocycles. The van der Waals surface area contributed by atoms with E-state index in [9.17, 15) is 18.0 Å². The van der Waals surface area contributed by atoms with E-state index < -0.39 is 17.6 Å². The molecular weight excluding hydrogens is 435 g/mol. The fraction of sp³-hybridized carbons (Fsp3) is 0.130. The minimum Gasteiger partial charge on any atom is -0.438 e. The Balaban J connectivity index is 1.41. The summed E-state index contributed by atoms with van der Waals surface area (Å²) >= 11 is 0. The molecule has 1 amide bonds. The number of rotatable bonds is 4. The molecule has 166 valence electrons. The molecule has 0 aliphatic carbocycles. The van der Waals surface area contributed by atoms with Gasteiger partial charge in [0.05, 0.1) is 27.9 Å². The lowest BCUT2D eigenvalue weighted by molar-refractivity contribution is -0.137. The number of nitrogens with zero attached hydrogens (tertiary/aromatic N) is 3. The molecule has 2 aromatic carbocycles. The van der Waals surface area contributed by atoms with Gasteiger partial charge < -0.3 is 15.4 Å². The lowest BCUT2D eigenvalue weighted by atomic mass is 10.1. The summed E-state index contributed by atoms with van der Waals surface area (Å²) in [5.41, 5.74) is 1.75. The monoisotopic (exact) mass is 451 g/mol. The molecule has 0 radical (unpaired) electrons. The average Bonchev–Trinajstić information content (AvgIpc) is 3.28. The minimum absolute atomic E-state index is 0.0472. The Bertz CT molecular complexity index is 1370. The number of pyridine rings is 1. The molecule has 0 atom stereocenters. The Kier molecular flexibility index (Phi) is 5.14. The molecule has 0 fully saturated rings. The first kappa shape index (κ1) is 20.8. The number of alkyl halides is 3. The van der Waals surface area contributed by atoms with Crippen LogP contribution in [0, 0.1) is 0 Å². The van der Waals surface area contributed by atoms with Crippen molar-refractivity contribution in [2.45, 2.75) is 19.3 Å². The maximum atomic E-state index is 13.0. The number of fused-ring (bicyclic) bond motifs is 2. The van der Waals surface area contributed by atoms with Crippen molar-refractivity contribution in [2.75, 3.05) is 5.32 Å². The van der Waals surface area contributed by atoms with Crippen molar-refractivity contribution in [3.05, 3.63) is 83.4 Å². The topological polar surface area (TPSA) is 89.0 Å². The molecule has 5 rings (SSSR count). The fourth-order valence-electron chi connectivity index (χ4n) is 3.63. The van der Waals surface area contributed by atoms with E-state index in [1.165, 1.54) is 30.7 Å². The van der Waals surface area contributed by atoms with Gasteiger partial charge in [0.25, 0.3) is 5.91 Å². The number of carbonyl (C=O) groups excluding carboxylic acids is 1. The standard InChI is InChI=1S/C23H16F3N5O2/c24-23(25,26)13-2-1-3-14(8-13)31-21(32)17-6-7-28-19-9-15(4-5-16(17)19)33-22-18-10-27-11-20(18)29-12-30-22/h1-9,12,27H,10-11H2,(H,31,32). The number of nitrogens with one attached hydrogen (secondary N) is 2. The first-order valence-corrected chi connectivity index (χ1v) is 9.97. The molecule has 7 nitrogen and oxygen atoms in total. The SMILES string of the molecule is O=C(Nc1cccc(C(F)(F)F)c1)c1ccnc2cc(Oc3ncnc4c3CNC4)ccc12. The number of ether oxygens (including phenoxy) is 1. The van der Waals surface area contributed by atoms with Crippen molar-refractivity contribution >= 4 is 22.5 Å². The van der Waals surface area contributed by atoms with Crippen LogP contribution >= 0.6 is 0 Å². The number of benzene rings is 2. The molecule has 33 heavy (non-hydrogen) atoms. The predicted octanol–water partition coefficient (Wildman–Crippen LogP) is 4.69. The summed E-state index contributed by atoms with van der Waals surface area (Å²) in [6.07, 6.45) is -1.60. The molecule has 0 spiro atoms. The van der Waals surface area contributed by atoms with Gasteiger partial charge in [-0.3, -0.25) is 9.78 Å². The Morgan fingerprint density at radius 2 is 1.91 bits per heavy atom. The van der Waals surface area contributed by atoms with Gasteiger partial charge in [0.1, 0.15) is 12.1 Å². The molecule has 2 N–H and O–H groups in total. The van der Waals surface area contributed by atoms with E-state index in [1.807, 2.05) is 0 Å². The Morgan fingerprint density at radius 1 is 1.03 bits per heavy atom. The third-order valence-electron chi connectivity index (χ3n) is 5.21. The van der Waals surface area contributed by atoms with Crippen LogP contribution in [0.2, 0.25) is 0 Å². The second kappa shape index (κ2) is 8.14. The Morgan fingerprint density at radius 3 is 2.76 bits per heavy atom. The van der Waals surface area contributed by atoms with Gasteiger partial charge >= 0.3 is 6.18 Å². The van der Waals surface area contributed by atoms with E-state index in [0.29, 0.717) is 35.6 Å². The summed E-state index contributed by atoms with van der Waals surface area (Å²) in [4.78, 5) is 25.5. The summed E-state index contributed by atoms with van der Waals surface area (Å²) in [5.74, 6) is 0.385. The number of carbonyl (C=O) groups is 1. The van der Waals surface area contributed by atoms with Gasteiger partial charge in [-0.25, -0.2) is 9.97 Å². The van der Waals surface area contributed by atoms with Crippen LogP contribution in [0.5, 0.6) is 11.6 Å². The van der Waals surface area contributed by atoms with E-state index in [2.05, 4.69) is 25.6 Å². The van der Waals surface area contributed by atoms with Gasteiger partial charge in [-0.05, 0) is 36.4 Å². The number of hydrogen-bond acceptors (Lipinski definition) is 6. The lowest BCUT2D eigenvalue weighted by Gasteiger charge is -2.12. The van der Waals surface area contributed by atoms with E-state index in [0.717, 1.165) is 23.4 Å². The zero-order valence-corrected chi connectivity index (χ0v) is 17.0. The van der Waals surface area contributed by atoms with Gasteiger partial charge in [-0.2, -0.15) is 13.2 Å². The summed E-state index contributed by atoms with van der Waals surface area (Å²) in [7, 11) is 0. The highest BCUT2D eigenvalue weighted by Gasteiger charge is 2.30. The number of aromatic nitrogens is 3. The minimum atomic E-state index is -4.50. The lowest BCUT2D eigenvalue weighted by Crippen LogP contribution is -2.13. The smallest absolute Gasteiger partial charge is 0.416 e. The van der Waals surface area contributed by atoms with Crippen LogP contribution < -0.4 is 15.4 Å². The molecule has 4 aromatic rings. The van der Waals surface area contributed by atoms with E-state index in [-0.39, 0.29) is 11.3 Å². The number of hydrogen-bond donors (Lipinski definition) is 2. The van der Waals surface area contributed by atoms with Crippen LogP contribution in [0.15, 0.2) is 61.1 Å². The van der Waals surface area contributed by atoms with E-state index in [1.54, 1.807) is 18.2 Å². The van der Waals surface area contributed by atoms with Crippen LogP contribution in [0.25, 0.3) is 10.9 Å². The zero-order valence-electron chi connectivity index (χ0n) is 17.0. The van der Waals surface area contributed by atoms with Crippen molar-refractivity contribution in [1.29, 1.82) is 0 Å². The van der Waals surface area contributed by atoms with Crippen LogP contribution in [0.3, 0.4) is 0 Å². The van der Waals surface area contributed by atoms with Gasteiger partial charge in [0.2, 0.25) is 5.88 Å². The second-order valence-electron chi connectivity index (χ2n) is 7.38. The summed E-state index contributed by atoms with van der Waals surface area (Å²) in [5, 5.41) is 6.25. The highest BCUT2D eigenvalue weighted by Crippen LogP contribution is 2.32. The predicted molar refractivity (Wildman–Crippen MR) is 114 cm³/mol. The van der Waals surface area contributed by atoms with Gasteiger partial charge in [0, 0.05) is 36.4 Å². The molecule has 2 aromatic heterocycles. The normalized spacial score (nSPS) is 13.1. The quantitative estimate of drug-likeness (QED) is 0.468. The van der Waals surface area contributed by atoms with E-state index >= 15 is 0 Å². The molecule has 0 saturated heterocycles. The van der Waals surface area contributed by atoms with Crippen molar-refractivity contribution in [2.24, 2.45) is 0 Å². The van der Waals surface area contributed by atoms with Crippen molar-refractivity contribution in [3.63, 3.8) is 0 Å². The molecule has 1 aliphatic heterocycles. The molecule has 0 saturated carbocycles. The first-order valence-electron chi connectivity index (χ1n) is 9.97. The van der Waals surface area contributed by atoms with Gasteiger partial charge in [-0.15, -0.1) is 0 Å². The van der Waals surface area contributed by atoms with Crippen molar-refractivity contribution < 1.29 is 22.7 Å². The fourth-order valence-corrected chi connectivity index (χ4v) is 3.63. The van der Waals surface area contributed by atoms with Crippen molar-refractivity contribution in [1.82, 2.24) is 20.3 Å². The number of halogens is 3. The highest BCUT2D eigenvalue weighted by atomic mass is 19.4. The highest BCUT2D eigenvalue weighted by molar-refractivity contribution is 6.12. The number of amides is 1. The molecule has 0 unspecified atom stereocenters. The first-order chi connectivity index (χ1) is 15.9. The van der Waals surface area contributed by atoms with E-state index in [4.69, 9.17) is 4.74 Å². The summed E-state index contributed by atoms with van der Waals surface area (Å²) < 4.78 is 44.8.